The molecule has 0 aliphatic carbocycles. The molecule has 6 nitrogen and oxygen atoms in total. The van der Waals surface area contributed by atoms with Crippen molar-refractivity contribution in [2.75, 3.05) is 20.1 Å². The third kappa shape index (κ3) is 3.01. The fourth-order valence-electron chi connectivity index (χ4n) is 3.88. The van der Waals surface area contributed by atoms with Gasteiger partial charge in [-0.15, -0.1) is 11.3 Å². The van der Waals surface area contributed by atoms with Crippen molar-refractivity contribution in [3.8, 4) is 11.3 Å². The average Bonchev–Trinajstić information content (AvgIpc) is 3.36. The molecule has 138 valence electrons. The summed E-state index contributed by atoms with van der Waals surface area (Å²) < 4.78 is 1.77. The molecule has 4 aromatic rings. The lowest BCUT2D eigenvalue weighted by molar-refractivity contribution is 0.116. The second-order valence-corrected chi connectivity index (χ2v) is 8.50. The number of aliphatic hydroxyl groups is 1. The zero-order chi connectivity index (χ0) is 18.5. The number of aryl methyl sites for hydroxylation is 1. The van der Waals surface area contributed by atoms with Gasteiger partial charge < -0.3 is 10.0 Å². The van der Waals surface area contributed by atoms with Gasteiger partial charge in [0.15, 0.2) is 5.65 Å². The van der Waals surface area contributed by atoms with E-state index in [0.29, 0.717) is 5.92 Å². The minimum absolute atomic E-state index is 0.305. The smallest absolute Gasteiger partial charge is 0.181 e. The van der Waals surface area contributed by atoms with Gasteiger partial charge in [-0.05, 0) is 44.3 Å². The summed E-state index contributed by atoms with van der Waals surface area (Å²) in [6.07, 6.45) is 4.41. The molecule has 0 radical (unpaired) electrons. The molecule has 0 unspecified atom stereocenters. The van der Waals surface area contributed by atoms with E-state index >= 15 is 0 Å². The molecule has 0 aromatic carbocycles. The summed E-state index contributed by atoms with van der Waals surface area (Å²) in [7, 11) is 4.00. The van der Waals surface area contributed by atoms with Gasteiger partial charge in [0.1, 0.15) is 4.83 Å². The SMILES string of the molecule is CN1CC[C@@H]([C@@H](O)c2cc3ccc(-c4cnc5nn(C)cc5c4)nc3s2)C1. The van der Waals surface area contributed by atoms with Crippen LogP contribution in [0.15, 0.2) is 36.7 Å². The molecular formula is C20H21N5OS. The number of aromatic nitrogens is 4. The number of rotatable bonds is 3. The summed E-state index contributed by atoms with van der Waals surface area (Å²) in [5.41, 5.74) is 2.61. The van der Waals surface area contributed by atoms with Gasteiger partial charge >= 0.3 is 0 Å². The third-order valence-corrected chi connectivity index (χ3v) is 6.45. The summed E-state index contributed by atoms with van der Waals surface area (Å²) in [4.78, 5) is 13.5. The van der Waals surface area contributed by atoms with Crippen LogP contribution < -0.4 is 0 Å². The first-order chi connectivity index (χ1) is 13.1. The van der Waals surface area contributed by atoms with Gasteiger partial charge in [-0.2, -0.15) is 5.10 Å². The predicted octanol–water partition coefficient (Wildman–Crippen LogP) is 3.23. The van der Waals surface area contributed by atoms with Crippen LogP contribution in [-0.2, 0) is 7.05 Å². The maximum Gasteiger partial charge on any atom is 0.181 e. The summed E-state index contributed by atoms with van der Waals surface area (Å²) in [6, 6.07) is 8.26. The molecule has 7 heteroatoms. The van der Waals surface area contributed by atoms with Crippen LogP contribution in [0, 0.1) is 5.92 Å². The normalized spacial score (nSPS) is 19.3. The molecule has 0 bridgehead atoms. The maximum absolute atomic E-state index is 10.8. The Morgan fingerprint density at radius 3 is 2.93 bits per heavy atom. The van der Waals surface area contributed by atoms with Gasteiger partial charge in [-0.3, -0.25) is 4.68 Å². The van der Waals surface area contributed by atoms with E-state index in [9.17, 15) is 5.11 Å². The summed E-state index contributed by atoms with van der Waals surface area (Å²) in [5.74, 6) is 0.305. The third-order valence-electron chi connectivity index (χ3n) is 5.34. The van der Waals surface area contributed by atoms with E-state index in [1.807, 2.05) is 25.5 Å². The van der Waals surface area contributed by atoms with Gasteiger partial charge in [0, 0.05) is 53.1 Å². The van der Waals surface area contributed by atoms with Crippen molar-refractivity contribution < 1.29 is 5.11 Å². The summed E-state index contributed by atoms with van der Waals surface area (Å²) >= 11 is 1.59. The summed E-state index contributed by atoms with van der Waals surface area (Å²) in [5, 5.41) is 17.2. The van der Waals surface area contributed by atoms with E-state index in [1.165, 1.54) is 0 Å². The van der Waals surface area contributed by atoms with Gasteiger partial charge in [0.25, 0.3) is 0 Å². The molecule has 1 N–H and O–H groups in total. The van der Waals surface area contributed by atoms with Gasteiger partial charge in [0.05, 0.1) is 11.8 Å². The molecule has 0 spiro atoms. The number of likely N-dealkylation sites (tertiary alicyclic amines) is 1. The lowest BCUT2D eigenvalue weighted by Gasteiger charge is -2.16. The fraction of sp³-hybridized carbons (Fsp3) is 0.350. The highest BCUT2D eigenvalue weighted by Crippen LogP contribution is 2.36. The first kappa shape index (κ1) is 16.8. The summed E-state index contributed by atoms with van der Waals surface area (Å²) in [6.45, 7) is 2.00. The molecule has 1 aliphatic rings. The molecule has 5 heterocycles. The quantitative estimate of drug-likeness (QED) is 0.592. The van der Waals surface area contributed by atoms with Crippen molar-refractivity contribution in [2.24, 2.45) is 13.0 Å². The van der Waals surface area contributed by atoms with Crippen LogP contribution in [0.1, 0.15) is 17.4 Å². The fourth-order valence-corrected chi connectivity index (χ4v) is 4.99. The van der Waals surface area contributed by atoms with Crippen molar-refractivity contribution in [1.29, 1.82) is 0 Å². The van der Waals surface area contributed by atoms with Crippen LogP contribution in [0.5, 0.6) is 0 Å². The van der Waals surface area contributed by atoms with Crippen molar-refractivity contribution >= 4 is 32.6 Å². The van der Waals surface area contributed by atoms with Crippen LogP contribution in [0.2, 0.25) is 0 Å². The van der Waals surface area contributed by atoms with E-state index in [-0.39, 0.29) is 0 Å². The Morgan fingerprint density at radius 2 is 2.11 bits per heavy atom. The number of thiophene rings is 1. The molecule has 2 atom stereocenters. The largest absolute Gasteiger partial charge is 0.387 e. The van der Waals surface area contributed by atoms with Crippen LogP contribution in [-0.4, -0.2) is 49.9 Å². The highest BCUT2D eigenvalue weighted by Gasteiger charge is 2.28. The van der Waals surface area contributed by atoms with Crippen LogP contribution in [0.4, 0.5) is 0 Å². The van der Waals surface area contributed by atoms with Crippen molar-refractivity contribution in [2.45, 2.75) is 12.5 Å². The Kier molecular flexibility index (Phi) is 3.96. The molecule has 4 aromatic heterocycles. The topological polar surface area (TPSA) is 67.1 Å². The monoisotopic (exact) mass is 379 g/mol. The number of pyridine rings is 2. The molecule has 1 saturated heterocycles. The Bertz CT molecular complexity index is 1130. The van der Waals surface area contributed by atoms with Crippen LogP contribution in [0.3, 0.4) is 0 Å². The van der Waals surface area contributed by atoms with Crippen LogP contribution >= 0.6 is 11.3 Å². The zero-order valence-electron chi connectivity index (χ0n) is 15.3. The standard InChI is InChI=1S/C20H21N5OS/c1-24-6-5-13(10-24)18(26)17-8-12-3-4-16(22-20(12)27-17)14-7-15-11-25(2)23-19(15)21-9-14/h3-4,7-9,11,13,18,26H,5-6,10H2,1-2H3/t13-,18-/m1/s1. The Balaban J connectivity index is 1.49. The predicted molar refractivity (Wildman–Crippen MR) is 108 cm³/mol. The molecule has 5 rings (SSSR count). The highest BCUT2D eigenvalue weighted by molar-refractivity contribution is 7.18. The number of hydrogen-bond donors (Lipinski definition) is 1. The van der Waals surface area contributed by atoms with E-state index in [1.54, 1.807) is 16.0 Å². The van der Waals surface area contributed by atoms with E-state index < -0.39 is 6.10 Å². The highest BCUT2D eigenvalue weighted by atomic mass is 32.1. The Labute approximate surface area is 161 Å². The molecular weight excluding hydrogens is 358 g/mol. The molecule has 1 fully saturated rings. The van der Waals surface area contributed by atoms with Gasteiger partial charge in [-0.25, -0.2) is 9.97 Å². The van der Waals surface area contributed by atoms with E-state index in [2.05, 4.69) is 40.2 Å². The average molecular weight is 379 g/mol. The van der Waals surface area contributed by atoms with E-state index in [0.717, 1.165) is 56.9 Å². The molecule has 0 saturated carbocycles. The zero-order valence-corrected chi connectivity index (χ0v) is 16.1. The van der Waals surface area contributed by atoms with E-state index in [4.69, 9.17) is 4.98 Å². The van der Waals surface area contributed by atoms with Crippen molar-refractivity contribution in [3.63, 3.8) is 0 Å². The van der Waals surface area contributed by atoms with Gasteiger partial charge in [0.2, 0.25) is 0 Å². The minimum Gasteiger partial charge on any atom is -0.387 e. The van der Waals surface area contributed by atoms with Crippen molar-refractivity contribution in [3.05, 3.63) is 41.5 Å². The Morgan fingerprint density at radius 1 is 1.22 bits per heavy atom. The number of fused-ring (bicyclic) bond motifs is 2. The number of aliphatic hydroxyl groups excluding tert-OH is 1. The first-order valence-electron chi connectivity index (χ1n) is 9.14. The number of nitrogens with zero attached hydrogens (tertiary/aromatic N) is 5. The molecule has 0 amide bonds. The Hall–Kier alpha value is -2.35. The van der Waals surface area contributed by atoms with Crippen molar-refractivity contribution in [1.82, 2.24) is 24.6 Å². The molecule has 1 aliphatic heterocycles. The molecule has 27 heavy (non-hydrogen) atoms. The second kappa shape index (κ2) is 6.37. The van der Waals surface area contributed by atoms with Gasteiger partial charge in [-0.1, -0.05) is 0 Å². The van der Waals surface area contributed by atoms with Crippen LogP contribution in [0.25, 0.3) is 32.5 Å². The second-order valence-electron chi connectivity index (χ2n) is 7.44. The maximum atomic E-state index is 10.8. The first-order valence-corrected chi connectivity index (χ1v) is 9.95. The lowest BCUT2D eigenvalue weighted by atomic mass is 10.0. The number of hydrogen-bond acceptors (Lipinski definition) is 6. The lowest BCUT2D eigenvalue weighted by Crippen LogP contribution is -2.17. The minimum atomic E-state index is -0.411.